The predicted molar refractivity (Wildman–Crippen MR) is 67.4 cm³/mol. The molecular formula is C13H15N3O2. The third-order valence-electron chi connectivity index (χ3n) is 2.84. The summed E-state index contributed by atoms with van der Waals surface area (Å²) in [5.74, 6) is -1.02. The normalized spacial score (nSPS) is 10.6. The van der Waals surface area contributed by atoms with Crippen molar-refractivity contribution in [2.24, 2.45) is 0 Å². The van der Waals surface area contributed by atoms with Gasteiger partial charge in [0.25, 0.3) is 0 Å². The molecule has 0 fully saturated rings. The Labute approximate surface area is 105 Å². The van der Waals surface area contributed by atoms with Gasteiger partial charge in [0.05, 0.1) is 6.20 Å². The first-order chi connectivity index (χ1) is 8.65. The van der Waals surface area contributed by atoms with E-state index in [-0.39, 0.29) is 5.69 Å². The van der Waals surface area contributed by atoms with E-state index in [2.05, 4.69) is 17.0 Å². The Balaban J connectivity index is 2.52. The number of aromatic carboxylic acids is 1. The van der Waals surface area contributed by atoms with Gasteiger partial charge in [0.15, 0.2) is 5.69 Å². The van der Waals surface area contributed by atoms with Gasteiger partial charge < -0.3 is 5.11 Å². The second-order valence-electron chi connectivity index (χ2n) is 4.07. The number of carbonyl (C=O) groups is 1. The molecule has 0 saturated heterocycles. The van der Waals surface area contributed by atoms with Crippen LogP contribution in [-0.4, -0.2) is 25.8 Å². The topological polar surface area (TPSA) is 68.0 Å². The predicted octanol–water partition coefficient (Wildman–Crippen LogP) is 2.36. The average Bonchev–Trinajstić information content (AvgIpc) is 2.72. The summed E-state index contributed by atoms with van der Waals surface area (Å²) in [7, 11) is 0. The van der Waals surface area contributed by atoms with E-state index in [1.165, 1.54) is 6.20 Å². The number of hydrogen-bond donors (Lipinski definition) is 1. The molecule has 2 heterocycles. The van der Waals surface area contributed by atoms with Crippen molar-refractivity contribution >= 4 is 5.97 Å². The van der Waals surface area contributed by atoms with Crippen LogP contribution in [0.4, 0.5) is 0 Å². The van der Waals surface area contributed by atoms with E-state index in [1.807, 2.05) is 11.6 Å². The summed E-state index contributed by atoms with van der Waals surface area (Å²) in [4.78, 5) is 15.1. The maximum atomic E-state index is 11.1. The summed E-state index contributed by atoms with van der Waals surface area (Å²) in [6.07, 6.45) is 4.17. The van der Waals surface area contributed by atoms with Gasteiger partial charge in [-0.1, -0.05) is 13.0 Å². The van der Waals surface area contributed by atoms with Gasteiger partial charge in [-0.05, 0) is 19.4 Å². The SMILES string of the molecule is CCCn1ncc(-c2cccnc2C(=O)O)c1C. The highest BCUT2D eigenvalue weighted by atomic mass is 16.4. The molecule has 5 heteroatoms. The van der Waals surface area contributed by atoms with Crippen LogP contribution < -0.4 is 0 Å². The molecule has 94 valence electrons. The number of hydrogen-bond acceptors (Lipinski definition) is 3. The highest BCUT2D eigenvalue weighted by molar-refractivity contribution is 5.94. The van der Waals surface area contributed by atoms with Crippen LogP contribution in [-0.2, 0) is 6.54 Å². The molecule has 0 saturated carbocycles. The van der Waals surface area contributed by atoms with Crippen molar-refractivity contribution < 1.29 is 9.90 Å². The number of carboxylic acids is 1. The Morgan fingerprint density at radius 2 is 2.22 bits per heavy atom. The molecule has 0 aliphatic heterocycles. The van der Waals surface area contributed by atoms with Crippen LogP contribution in [0.25, 0.3) is 11.1 Å². The van der Waals surface area contributed by atoms with Gasteiger partial charge in [-0.2, -0.15) is 5.10 Å². The first-order valence-electron chi connectivity index (χ1n) is 5.86. The van der Waals surface area contributed by atoms with Crippen LogP contribution in [0.3, 0.4) is 0 Å². The Morgan fingerprint density at radius 1 is 1.44 bits per heavy atom. The first kappa shape index (κ1) is 12.3. The van der Waals surface area contributed by atoms with Crippen LogP contribution in [0.2, 0.25) is 0 Å². The van der Waals surface area contributed by atoms with Crippen molar-refractivity contribution in [2.75, 3.05) is 0 Å². The van der Waals surface area contributed by atoms with E-state index < -0.39 is 5.97 Å². The third-order valence-corrected chi connectivity index (χ3v) is 2.84. The average molecular weight is 245 g/mol. The van der Waals surface area contributed by atoms with Gasteiger partial charge >= 0.3 is 5.97 Å². The summed E-state index contributed by atoms with van der Waals surface area (Å²) in [5, 5.41) is 13.4. The fourth-order valence-electron chi connectivity index (χ4n) is 1.94. The van der Waals surface area contributed by atoms with Gasteiger partial charge in [0.2, 0.25) is 0 Å². The van der Waals surface area contributed by atoms with Crippen molar-refractivity contribution in [2.45, 2.75) is 26.8 Å². The van der Waals surface area contributed by atoms with Crippen LogP contribution in [0.1, 0.15) is 29.5 Å². The number of pyridine rings is 1. The molecule has 1 N–H and O–H groups in total. The van der Waals surface area contributed by atoms with Crippen LogP contribution in [0.15, 0.2) is 24.5 Å². The minimum atomic E-state index is -1.02. The standard InChI is InChI=1S/C13H15N3O2/c1-3-7-16-9(2)11(8-15-16)10-5-4-6-14-12(10)13(17)18/h4-6,8H,3,7H2,1-2H3,(H,17,18). The van der Waals surface area contributed by atoms with Gasteiger partial charge in [0.1, 0.15) is 0 Å². The van der Waals surface area contributed by atoms with E-state index in [0.29, 0.717) is 5.56 Å². The van der Waals surface area contributed by atoms with Crippen molar-refractivity contribution in [3.05, 3.63) is 35.9 Å². The smallest absolute Gasteiger partial charge is 0.355 e. The molecule has 18 heavy (non-hydrogen) atoms. The van der Waals surface area contributed by atoms with Crippen molar-refractivity contribution in [1.29, 1.82) is 0 Å². The lowest BCUT2D eigenvalue weighted by atomic mass is 10.1. The molecule has 0 amide bonds. The van der Waals surface area contributed by atoms with E-state index in [4.69, 9.17) is 5.11 Å². The largest absolute Gasteiger partial charge is 0.476 e. The minimum Gasteiger partial charge on any atom is -0.476 e. The molecule has 0 atom stereocenters. The lowest BCUT2D eigenvalue weighted by molar-refractivity contribution is 0.0691. The number of nitrogens with zero attached hydrogens (tertiary/aromatic N) is 3. The lowest BCUT2D eigenvalue weighted by Crippen LogP contribution is -2.04. The Kier molecular flexibility index (Phi) is 3.41. The number of aromatic nitrogens is 3. The second-order valence-corrected chi connectivity index (χ2v) is 4.07. The van der Waals surface area contributed by atoms with Crippen LogP contribution in [0, 0.1) is 6.92 Å². The number of carboxylic acid groups (broad SMARTS) is 1. The molecular weight excluding hydrogens is 230 g/mol. The molecule has 0 aliphatic rings. The van der Waals surface area contributed by atoms with Gasteiger partial charge in [-0.15, -0.1) is 0 Å². The zero-order valence-corrected chi connectivity index (χ0v) is 10.4. The first-order valence-corrected chi connectivity index (χ1v) is 5.86. The zero-order valence-electron chi connectivity index (χ0n) is 10.4. The van der Waals surface area contributed by atoms with Gasteiger partial charge in [0, 0.05) is 29.6 Å². The highest BCUT2D eigenvalue weighted by Gasteiger charge is 2.16. The molecule has 0 unspecified atom stereocenters. The Morgan fingerprint density at radius 3 is 2.89 bits per heavy atom. The Hall–Kier alpha value is -2.17. The highest BCUT2D eigenvalue weighted by Crippen LogP contribution is 2.25. The van der Waals surface area contributed by atoms with E-state index >= 15 is 0 Å². The molecule has 0 aliphatic carbocycles. The summed E-state index contributed by atoms with van der Waals surface area (Å²) in [5.41, 5.74) is 2.47. The van der Waals surface area contributed by atoms with E-state index in [1.54, 1.807) is 18.3 Å². The summed E-state index contributed by atoms with van der Waals surface area (Å²) in [6, 6.07) is 3.50. The third kappa shape index (κ3) is 2.11. The second kappa shape index (κ2) is 5.00. The maximum Gasteiger partial charge on any atom is 0.355 e. The van der Waals surface area contributed by atoms with Crippen LogP contribution in [0.5, 0.6) is 0 Å². The summed E-state index contributed by atoms with van der Waals surface area (Å²) in [6.45, 7) is 4.85. The van der Waals surface area contributed by atoms with Crippen LogP contribution >= 0.6 is 0 Å². The summed E-state index contributed by atoms with van der Waals surface area (Å²) < 4.78 is 1.88. The molecule has 2 rings (SSSR count). The molecule has 2 aromatic heterocycles. The minimum absolute atomic E-state index is 0.0663. The quantitative estimate of drug-likeness (QED) is 0.897. The Bertz CT molecular complexity index is 575. The summed E-state index contributed by atoms with van der Waals surface area (Å²) >= 11 is 0. The molecule has 2 aromatic rings. The maximum absolute atomic E-state index is 11.1. The fourth-order valence-corrected chi connectivity index (χ4v) is 1.94. The molecule has 0 bridgehead atoms. The van der Waals surface area contributed by atoms with E-state index in [9.17, 15) is 4.79 Å². The fraction of sp³-hybridized carbons (Fsp3) is 0.308. The lowest BCUT2D eigenvalue weighted by Gasteiger charge is -2.05. The zero-order chi connectivity index (χ0) is 13.1. The molecule has 0 aromatic carbocycles. The van der Waals surface area contributed by atoms with Crippen molar-refractivity contribution in [3.8, 4) is 11.1 Å². The molecule has 0 spiro atoms. The van der Waals surface area contributed by atoms with Crippen molar-refractivity contribution in [1.82, 2.24) is 14.8 Å². The van der Waals surface area contributed by atoms with E-state index in [0.717, 1.165) is 24.2 Å². The number of rotatable bonds is 4. The van der Waals surface area contributed by atoms with Gasteiger partial charge in [-0.25, -0.2) is 9.78 Å². The number of aryl methyl sites for hydroxylation is 1. The van der Waals surface area contributed by atoms with Crippen molar-refractivity contribution in [3.63, 3.8) is 0 Å². The monoisotopic (exact) mass is 245 g/mol. The molecule has 0 radical (unpaired) electrons. The van der Waals surface area contributed by atoms with Gasteiger partial charge in [-0.3, -0.25) is 4.68 Å². The molecule has 5 nitrogen and oxygen atoms in total.